The van der Waals surface area contributed by atoms with E-state index in [1.807, 2.05) is 18.2 Å². The molecule has 0 bridgehead atoms. The van der Waals surface area contributed by atoms with Crippen LogP contribution in [0.25, 0.3) is 11.1 Å². The SMILES string of the molecule is COc1cccc(C(=O)CSc2nc3c(c(-c4cccnc4)c2C#N)CCCC3)c1. The number of Topliss-reactive ketones (excluding diaryl/α,β-unsaturated/α-hetero) is 1. The Morgan fingerprint density at radius 1 is 1.23 bits per heavy atom. The zero-order valence-electron chi connectivity index (χ0n) is 16.7. The summed E-state index contributed by atoms with van der Waals surface area (Å²) < 4.78 is 5.21. The maximum Gasteiger partial charge on any atom is 0.173 e. The number of carbonyl (C=O) groups excluding carboxylic acids is 1. The summed E-state index contributed by atoms with van der Waals surface area (Å²) in [6.07, 6.45) is 7.51. The number of carbonyl (C=O) groups is 1. The molecule has 2 heterocycles. The van der Waals surface area contributed by atoms with E-state index in [1.54, 1.807) is 37.7 Å². The molecule has 3 aromatic rings. The fraction of sp³-hybridized carbons (Fsp3) is 0.250. The molecule has 1 aromatic carbocycles. The van der Waals surface area contributed by atoms with Crippen LogP contribution in [0.5, 0.6) is 5.75 Å². The number of fused-ring (bicyclic) bond motifs is 1. The predicted octanol–water partition coefficient (Wildman–Crippen LogP) is 4.88. The lowest BCUT2D eigenvalue weighted by atomic mass is 9.87. The molecular weight excluding hydrogens is 394 g/mol. The second kappa shape index (κ2) is 9.10. The highest BCUT2D eigenvalue weighted by Gasteiger charge is 2.23. The molecule has 4 rings (SSSR count). The first-order valence-electron chi connectivity index (χ1n) is 9.87. The fourth-order valence-corrected chi connectivity index (χ4v) is 4.67. The molecule has 0 saturated heterocycles. The average Bonchev–Trinajstić information content (AvgIpc) is 2.82. The Morgan fingerprint density at radius 3 is 2.87 bits per heavy atom. The Morgan fingerprint density at radius 2 is 2.10 bits per heavy atom. The van der Waals surface area contributed by atoms with Gasteiger partial charge < -0.3 is 4.74 Å². The summed E-state index contributed by atoms with van der Waals surface area (Å²) >= 11 is 1.33. The van der Waals surface area contributed by atoms with Crippen molar-refractivity contribution in [2.24, 2.45) is 0 Å². The van der Waals surface area contributed by atoms with Crippen molar-refractivity contribution in [3.63, 3.8) is 0 Å². The van der Waals surface area contributed by atoms with E-state index in [0.29, 0.717) is 21.9 Å². The van der Waals surface area contributed by atoms with Crippen LogP contribution in [0, 0.1) is 11.3 Å². The third-order valence-corrected chi connectivity index (χ3v) is 6.21. The minimum atomic E-state index is -0.0229. The van der Waals surface area contributed by atoms with E-state index in [4.69, 9.17) is 9.72 Å². The van der Waals surface area contributed by atoms with Gasteiger partial charge in [-0.25, -0.2) is 4.98 Å². The molecule has 0 amide bonds. The molecule has 150 valence electrons. The molecule has 5 nitrogen and oxygen atoms in total. The number of aromatic nitrogens is 2. The first-order valence-corrected chi connectivity index (χ1v) is 10.9. The van der Waals surface area contributed by atoms with E-state index in [2.05, 4.69) is 11.1 Å². The molecule has 6 heteroatoms. The number of methoxy groups -OCH3 is 1. The van der Waals surface area contributed by atoms with Crippen LogP contribution >= 0.6 is 11.8 Å². The number of ether oxygens (including phenoxy) is 1. The van der Waals surface area contributed by atoms with Gasteiger partial charge in [-0.15, -0.1) is 0 Å². The normalized spacial score (nSPS) is 12.7. The largest absolute Gasteiger partial charge is 0.497 e. The van der Waals surface area contributed by atoms with Gasteiger partial charge in [-0.05, 0) is 49.4 Å². The van der Waals surface area contributed by atoms with Gasteiger partial charge in [0.05, 0.1) is 18.4 Å². The second-order valence-corrected chi connectivity index (χ2v) is 8.06. The summed E-state index contributed by atoms with van der Waals surface area (Å²) in [5, 5.41) is 10.6. The zero-order valence-corrected chi connectivity index (χ0v) is 17.5. The maximum absolute atomic E-state index is 12.7. The maximum atomic E-state index is 12.7. The summed E-state index contributed by atoms with van der Waals surface area (Å²) in [6.45, 7) is 0. The monoisotopic (exact) mass is 415 g/mol. The van der Waals surface area contributed by atoms with Crippen molar-refractivity contribution in [2.45, 2.75) is 30.7 Å². The van der Waals surface area contributed by atoms with E-state index in [-0.39, 0.29) is 11.5 Å². The second-order valence-electron chi connectivity index (χ2n) is 7.10. The number of aryl methyl sites for hydroxylation is 1. The number of thioether (sulfide) groups is 1. The minimum Gasteiger partial charge on any atom is -0.497 e. The summed E-state index contributed by atoms with van der Waals surface area (Å²) in [7, 11) is 1.58. The van der Waals surface area contributed by atoms with Crippen molar-refractivity contribution >= 4 is 17.5 Å². The van der Waals surface area contributed by atoms with E-state index in [9.17, 15) is 10.1 Å². The standard InChI is InChI=1S/C24H21N3O2S/c1-29-18-8-4-6-16(12-18)22(28)15-30-24-20(13-25)23(17-7-5-11-26-14-17)19-9-2-3-10-21(19)27-24/h4-8,11-12,14H,2-3,9-10,15H2,1H3. The smallest absolute Gasteiger partial charge is 0.173 e. The van der Waals surface area contributed by atoms with Crippen LogP contribution in [0.4, 0.5) is 0 Å². The fourth-order valence-electron chi connectivity index (χ4n) is 3.77. The number of hydrogen-bond donors (Lipinski definition) is 0. The Kier molecular flexibility index (Phi) is 6.10. The van der Waals surface area contributed by atoms with Crippen LogP contribution in [-0.2, 0) is 12.8 Å². The minimum absolute atomic E-state index is 0.0229. The quantitative estimate of drug-likeness (QED) is 0.422. The lowest BCUT2D eigenvalue weighted by Crippen LogP contribution is -2.11. The number of nitrogens with zero attached hydrogens (tertiary/aromatic N) is 3. The molecular formula is C24H21N3O2S. The molecule has 0 saturated carbocycles. The van der Waals surface area contributed by atoms with Gasteiger partial charge in [-0.1, -0.05) is 30.0 Å². The van der Waals surface area contributed by atoms with Crippen molar-refractivity contribution in [3.8, 4) is 22.9 Å². The van der Waals surface area contributed by atoms with Crippen molar-refractivity contribution in [2.75, 3.05) is 12.9 Å². The number of rotatable bonds is 6. The number of nitriles is 1. The summed E-state index contributed by atoms with van der Waals surface area (Å²) in [5.74, 6) is 0.833. The van der Waals surface area contributed by atoms with E-state index in [1.165, 1.54) is 11.8 Å². The van der Waals surface area contributed by atoms with Gasteiger partial charge in [0, 0.05) is 34.8 Å². The molecule has 0 unspecified atom stereocenters. The number of pyridine rings is 2. The Bertz CT molecular complexity index is 1120. The zero-order chi connectivity index (χ0) is 20.9. The van der Waals surface area contributed by atoms with Gasteiger partial charge in [0.25, 0.3) is 0 Å². The van der Waals surface area contributed by atoms with Crippen LogP contribution < -0.4 is 4.74 Å². The van der Waals surface area contributed by atoms with Crippen LogP contribution in [0.1, 0.15) is 40.0 Å². The molecule has 0 atom stereocenters. The summed E-state index contributed by atoms with van der Waals surface area (Å²) in [4.78, 5) is 21.8. The molecule has 0 aliphatic heterocycles. The highest BCUT2D eigenvalue weighted by atomic mass is 32.2. The van der Waals surface area contributed by atoms with Gasteiger partial charge in [-0.2, -0.15) is 5.26 Å². The molecule has 1 aliphatic rings. The first-order chi connectivity index (χ1) is 14.7. The first kappa shape index (κ1) is 20.1. The van der Waals surface area contributed by atoms with Crippen LogP contribution in [0.15, 0.2) is 53.8 Å². The number of benzene rings is 1. The Hall–Kier alpha value is -3.17. The van der Waals surface area contributed by atoms with E-state index >= 15 is 0 Å². The topological polar surface area (TPSA) is 75.9 Å². The van der Waals surface area contributed by atoms with Gasteiger partial charge in [0.15, 0.2) is 5.78 Å². The Labute approximate surface area is 180 Å². The van der Waals surface area contributed by atoms with Gasteiger partial charge in [0.2, 0.25) is 0 Å². The van der Waals surface area contributed by atoms with Crippen LogP contribution in [0.2, 0.25) is 0 Å². The third-order valence-electron chi connectivity index (χ3n) is 5.23. The van der Waals surface area contributed by atoms with Gasteiger partial charge in [-0.3, -0.25) is 9.78 Å². The van der Waals surface area contributed by atoms with E-state index in [0.717, 1.165) is 48.1 Å². The molecule has 0 fully saturated rings. The van der Waals surface area contributed by atoms with Crippen molar-refractivity contribution in [1.82, 2.24) is 9.97 Å². The van der Waals surface area contributed by atoms with E-state index < -0.39 is 0 Å². The van der Waals surface area contributed by atoms with Crippen molar-refractivity contribution in [3.05, 3.63) is 71.2 Å². The lowest BCUT2D eigenvalue weighted by Gasteiger charge is -2.21. The summed E-state index contributed by atoms with van der Waals surface area (Å²) in [6, 6.07) is 13.3. The lowest BCUT2D eigenvalue weighted by molar-refractivity contribution is 0.102. The van der Waals surface area contributed by atoms with Crippen LogP contribution in [-0.4, -0.2) is 28.6 Å². The molecule has 0 radical (unpaired) electrons. The van der Waals surface area contributed by atoms with Crippen LogP contribution in [0.3, 0.4) is 0 Å². The predicted molar refractivity (Wildman–Crippen MR) is 117 cm³/mol. The number of hydrogen-bond acceptors (Lipinski definition) is 6. The average molecular weight is 416 g/mol. The third kappa shape index (κ3) is 4.07. The highest BCUT2D eigenvalue weighted by molar-refractivity contribution is 8.00. The Balaban J connectivity index is 1.70. The molecule has 0 spiro atoms. The molecule has 2 aromatic heterocycles. The molecule has 0 N–H and O–H groups in total. The highest BCUT2D eigenvalue weighted by Crippen LogP contribution is 2.37. The molecule has 30 heavy (non-hydrogen) atoms. The molecule has 1 aliphatic carbocycles. The summed E-state index contributed by atoms with van der Waals surface area (Å²) in [5.41, 5.74) is 5.16. The van der Waals surface area contributed by atoms with Crippen molar-refractivity contribution in [1.29, 1.82) is 5.26 Å². The van der Waals surface area contributed by atoms with Crippen molar-refractivity contribution < 1.29 is 9.53 Å². The van der Waals surface area contributed by atoms with Gasteiger partial charge >= 0.3 is 0 Å². The number of ketones is 1. The van der Waals surface area contributed by atoms with Gasteiger partial charge in [0.1, 0.15) is 16.8 Å².